The molecule has 5 rings (SSSR count). The van der Waals surface area contributed by atoms with Crippen LogP contribution in [0.25, 0.3) is 27.9 Å². The minimum Gasteiger partial charge on any atom is -0.487 e. The Morgan fingerprint density at radius 1 is 1.00 bits per heavy atom. The Balaban J connectivity index is 1.35. The van der Waals surface area contributed by atoms with Crippen LogP contribution in [0.1, 0.15) is 11.4 Å². The monoisotopic (exact) mass is 397 g/mol. The molecular weight excluding hydrogens is 378 g/mol. The first-order valence-electron chi connectivity index (χ1n) is 9.56. The van der Waals surface area contributed by atoms with E-state index in [-0.39, 0.29) is 5.56 Å². The van der Waals surface area contributed by atoms with Crippen molar-refractivity contribution >= 4 is 5.65 Å². The summed E-state index contributed by atoms with van der Waals surface area (Å²) in [4.78, 5) is 18.5. The third kappa shape index (κ3) is 3.26. The van der Waals surface area contributed by atoms with Crippen molar-refractivity contribution in [1.29, 1.82) is 0 Å². The summed E-state index contributed by atoms with van der Waals surface area (Å²) in [5.41, 5.74) is 6.66. The van der Waals surface area contributed by atoms with E-state index in [1.807, 2.05) is 49.6 Å². The van der Waals surface area contributed by atoms with E-state index >= 15 is 0 Å². The molecule has 1 aromatic carbocycles. The number of benzene rings is 1. The number of pyridine rings is 2. The molecule has 0 atom stereocenters. The first-order chi connectivity index (χ1) is 14.7. The lowest BCUT2D eigenvalue weighted by Crippen LogP contribution is -2.02. The van der Waals surface area contributed by atoms with Crippen LogP contribution in [0.2, 0.25) is 0 Å². The molecule has 0 saturated heterocycles. The van der Waals surface area contributed by atoms with E-state index in [4.69, 9.17) is 4.74 Å². The van der Waals surface area contributed by atoms with Gasteiger partial charge in [0.25, 0.3) is 0 Å². The molecule has 0 amide bonds. The van der Waals surface area contributed by atoms with Crippen LogP contribution in [-0.2, 0) is 6.61 Å². The Morgan fingerprint density at radius 3 is 2.63 bits per heavy atom. The van der Waals surface area contributed by atoms with Gasteiger partial charge in [-0.1, -0.05) is 12.1 Å². The summed E-state index contributed by atoms with van der Waals surface area (Å²) in [5.74, 6) is 0.757. The average molecular weight is 397 g/mol. The van der Waals surface area contributed by atoms with E-state index in [1.54, 1.807) is 18.5 Å². The maximum atomic E-state index is 11.3. The van der Waals surface area contributed by atoms with Gasteiger partial charge in [-0.15, -0.1) is 0 Å². The summed E-state index contributed by atoms with van der Waals surface area (Å²) < 4.78 is 8.03. The second-order valence-corrected chi connectivity index (χ2v) is 7.03. The molecule has 0 aliphatic heterocycles. The van der Waals surface area contributed by atoms with Gasteiger partial charge < -0.3 is 14.1 Å². The van der Waals surface area contributed by atoms with Crippen molar-refractivity contribution in [2.45, 2.75) is 13.5 Å². The molecule has 7 heteroatoms. The standard InChI is InChI=1S/C23H19N5O2/c1-15-11-25-23-19(3-2-10-28(15)23)16-4-7-18(8-5-16)30-14-21-20(13-26-27-21)17-6-9-22(29)24-12-17/h2-13H,14H2,1H3,(H,24,29)(H,26,27). The van der Waals surface area contributed by atoms with E-state index in [0.29, 0.717) is 6.61 Å². The third-order valence-corrected chi connectivity index (χ3v) is 5.08. The maximum Gasteiger partial charge on any atom is 0.247 e. The maximum absolute atomic E-state index is 11.3. The van der Waals surface area contributed by atoms with Gasteiger partial charge in [0.2, 0.25) is 5.56 Å². The van der Waals surface area contributed by atoms with Gasteiger partial charge in [-0.05, 0) is 42.8 Å². The topological polar surface area (TPSA) is 88.1 Å². The number of aromatic nitrogens is 5. The lowest BCUT2D eigenvalue weighted by molar-refractivity contribution is 0.301. The first-order valence-corrected chi connectivity index (χ1v) is 9.56. The molecule has 0 spiro atoms. The van der Waals surface area contributed by atoms with Gasteiger partial charge in [0, 0.05) is 47.0 Å². The number of hydrogen-bond acceptors (Lipinski definition) is 4. The predicted octanol–water partition coefficient (Wildman–Crippen LogP) is 3.97. The Bertz CT molecular complexity index is 1360. The predicted molar refractivity (Wildman–Crippen MR) is 114 cm³/mol. The molecular formula is C23H19N5O2. The van der Waals surface area contributed by atoms with Crippen LogP contribution >= 0.6 is 0 Å². The molecule has 0 fully saturated rings. The number of aryl methyl sites for hydroxylation is 1. The molecule has 0 aliphatic carbocycles. The zero-order chi connectivity index (χ0) is 20.5. The summed E-state index contributed by atoms with van der Waals surface area (Å²) in [6.07, 6.45) is 7.29. The molecule has 5 aromatic rings. The van der Waals surface area contributed by atoms with E-state index in [0.717, 1.165) is 45.0 Å². The fourth-order valence-corrected chi connectivity index (χ4v) is 3.49. The minimum atomic E-state index is -0.138. The van der Waals surface area contributed by atoms with E-state index in [2.05, 4.69) is 30.6 Å². The van der Waals surface area contributed by atoms with Gasteiger partial charge in [-0.25, -0.2) is 4.98 Å². The van der Waals surface area contributed by atoms with Crippen LogP contribution in [0.4, 0.5) is 0 Å². The summed E-state index contributed by atoms with van der Waals surface area (Å²) in [6, 6.07) is 15.3. The number of imidazole rings is 1. The second kappa shape index (κ2) is 7.36. The SMILES string of the molecule is Cc1cnc2c(-c3ccc(OCc4[nH]ncc4-c4ccc(=O)[nH]c4)cc3)cccn12. The highest BCUT2D eigenvalue weighted by Crippen LogP contribution is 2.27. The molecule has 30 heavy (non-hydrogen) atoms. The Kier molecular flexibility index (Phi) is 4.40. The van der Waals surface area contributed by atoms with Crippen LogP contribution in [0.5, 0.6) is 5.75 Å². The van der Waals surface area contributed by atoms with E-state index in [9.17, 15) is 4.79 Å². The highest BCUT2D eigenvalue weighted by molar-refractivity contribution is 5.78. The van der Waals surface area contributed by atoms with Crippen molar-refractivity contribution < 1.29 is 4.74 Å². The van der Waals surface area contributed by atoms with Crippen LogP contribution in [0, 0.1) is 6.92 Å². The number of nitrogens with one attached hydrogen (secondary N) is 2. The van der Waals surface area contributed by atoms with Crippen LogP contribution in [0.3, 0.4) is 0 Å². The number of hydrogen-bond donors (Lipinski definition) is 2. The third-order valence-electron chi connectivity index (χ3n) is 5.08. The van der Waals surface area contributed by atoms with Gasteiger partial charge >= 0.3 is 0 Å². The molecule has 4 heterocycles. The molecule has 0 radical (unpaired) electrons. The molecule has 0 bridgehead atoms. The van der Waals surface area contributed by atoms with Gasteiger partial charge in [-0.2, -0.15) is 5.10 Å². The number of ether oxygens (including phenoxy) is 1. The van der Waals surface area contributed by atoms with Crippen molar-refractivity contribution in [2.24, 2.45) is 0 Å². The van der Waals surface area contributed by atoms with Crippen LogP contribution in [-0.4, -0.2) is 24.6 Å². The lowest BCUT2D eigenvalue weighted by Gasteiger charge is -2.09. The van der Waals surface area contributed by atoms with Crippen molar-refractivity contribution in [1.82, 2.24) is 24.6 Å². The fraction of sp³-hybridized carbons (Fsp3) is 0.0870. The summed E-state index contributed by atoms with van der Waals surface area (Å²) in [5, 5.41) is 7.08. The van der Waals surface area contributed by atoms with Gasteiger partial charge in [0.1, 0.15) is 18.0 Å². The van der Waals surface area contributed by atoms with Crippen molar-refractivity contribution in [2.75, 3.05) is 0 Å². The number of rotatable bonds is 5. The zero-order valence-corrected chi connectivity index (χ0v) is 16.3. The quantitative estimate of drug-likeness (QED) is 0.470. The molecule has 0 saturated carbocycles. The fourth-order valence-electron chi connectivity index (χ4n) is 3.49. The summed E-state index contributed by atoms with van der Waals surface area (Å²) in [7, 11) is 0. The van der Waals surface area contributed by atoms with Gasteiger partial charge in [0.05, 0.1) is 11.9 Å². The van der Waals surface area contributed by atoms with E-state index < -0.39 is 0 Å². The number of aromatic amines is 2. The van der Waals surface area contributed by atoms with Crippen LogP contribution < -0.4 is 10.3 Å². The molecule has 0 unspecified atom stereocenters. The number of fused-ring (bicyclic) bond motifs is 1. The summed E-state index contributed by atoms with van der Waals surface area (Å²) >= 11 is 0. The lowest BCUT2D eigenvalue weighted by atomic mass is 10.1. The first kappa shape index (κ1) is 17.9. The number of H-pyrrole nitrogens is 2. The largest absolute Gasteiger partial charge is 0.487 e. The Hall–Kier alpha value is -4.13. The van der Waals surface area contributed by atoms with Crippen molar-refractivity contribution in [3.05, 3.63) is 95.1 Å². The zero-order valence-electron chi connectivity index (χ0n) is 16.3. The normalized spacial score (nSPS) is 11.1. The highest BCUT2D eigenvalue weighted by Gasteiger charge is 2.10. The van der Waals surface area contributed by atoms with Gasteiger partial charge in [0.15, 0.2) is 0 Å². The Labute approximate surface area is 172 Å². The van der Waals surface area contributed by atoms with Crippen LogP contribution in [0.15, 0.2) is 78.1 Å². The van der Waals surface area contributed by atoms with E-state index in [1.165, 1.54) is 6.07 Å². The molecule has 0 aliphatic rings. The number of nitrogens with zero attached hydrogens (tertiary/aromatic N) is 3. The average Bonchev–Trinajstić information content (AvgIpc) is 3.40. The molecule has 7 nitrogen and oxygen atoms in total. The van der Waals surface area contributed by atoms with Crippen molar-refractivity contribution in [3.8, 4) is 28.0 Å². The smallest absolute Gasteiger partial charge is 0.247 e. The highest BCUT2D eigenvalue weighted by atomic mass is 16.5. The minimum absolute atomic E-state index is 0.138. The van der Waals surface area contributed by atoms with Crippen molar-refractivity contribution in [3.63, 3.8) is 0 Å². The Morgan fingerprint density at radius 2 is 1.83 bits per heavy atom. The molecule has 4 aromatic heterocycles. The summed E-state index contributed by atoms with van der Waals surface area (Å²) in [6.45, 7) is 2.38. The second-order valence-electron chi connectivity index (χ2n) is 7.03. The molecule has 148 valence electrons. The molecule has 2 N–H and O–H groups in total. The van der Waals surface area contributed by atoms with Gasteiger partial charge in [-0.3, -0.25) is 9.89 Å².